The predicted octanol–water partition coefficient (Wildman–Crippen LogP) is 1.57. The van der Waals surface area contributed by atoms with Gasteiger partial charge in [0.1, 0.15) is 6.04 Å². The molecule has 2 heteroatoms. The van der Waals surface area contributed by atoms with Crippen LogP contribution in [-0.2, 0) is 0 Å². The highest BCUT2D eigenvalue weighted by atomic mass is 79.9. The van der Waals surface area contributed by atoms with Crippen LogP contribution in [0.3, 0.4) is 0 Å². The zero-order valence-electron chi connectivity index (χ0n) is 6.08. The summed E-state index contributed by atoms with van der Waals surface area (Å²) in [6.07, 6.45) is 0. The van der Waals surface area contributed by atoms with E-state index in [9.17, 15) is 0 Å². The monoisotopic (exact) mass is 202 g/mol. The fraction of sp³-hybridized carbons (Fsp3) is 0.250. The van der Waals surface area contributed by atoms with Gasteiger partial charge in [-0.2, -0.15) is 0 Å². The molecule has 1 aromatic rings. The molecular formula is C8H13BrN+. The van der Waals surface area contributed by atoms with Crippen molar-refractivity contribution in [1.82, 2.24) is 0 Å². The molecule has 0 aliphatic carbocycles. The van der Waals surface area contributed by atoms with Gasteiger partial charge in [0.25, 0.3) is 0 Å². The van der Waals surface area contributed by atoms with Gasteiger partial charge in [-0.1, -0.05) is 30.3 Å². The Morgan fingerprint density at radius 1 is 1.20 bits per heavy atom. The highest BCUT2D eigenvalue weighted by molar-refractivity contribution is 8.93. The summed E-state index contributed by atoms with van der Waals surface area (Å²) in [6, 6.07) is 10.7. The van der Waals surface area contributed by atoms with E-state index in [0.717, 1.165) is 0 Å². The Bertz CT molecular complexity index is 172. The number of hydrogen-bond acceptors (Lipinski definition) is 0. The summed E-state index contributed by atoms with van der Waals surface area (Å²) >= 11 is 0. The highest BCUT2D eigenvalue weighted by Gasteiger charge is 1.97. The number of hydrogen-bond donors (Lipinski definition) is 1. The molecule has 3 N–H and O–H groups in total. The zero-order valence-corrected chi connectivity index (χ0v) is 7.79. The van der Waals surface area contributed by atoms with Crippen molar-refractivity contribution in [3.63, 3.8) is 0 Å². The van der Waals surface area contributed by atoms with Gasteiger partial charge in [0.15, 0.2) is 0 Å². The third kappa shape index (κ3) is 2.50. The van der Waals surface area contributed by atoms with Crippen LogP contribution in [0, 0.1) is 0 Å². The van der Waals surface area contributed by atoms with Gasteiger partial charge in [-0.25, -0.2) is 0 Å². The van der Waals surface area contributed by atoms with Crippen molar-refractivity contribution in [1.29, 1.82) is 0 Å². The lowest BCUT2D eigenvalue weighted by molar-refractivity contribution is -0.420. The van der Waals surface area contributed by atoms with Crippen LogP contribution in [0.15, 0.2) is 30.3 Å². The molecule has 56 valence electrons. The average Bonchev–Trinajstić information content (AvgIpc) is 1.90. The maximum absolute atomic E-state index is 3.91. The Hall–Kier alpha value is -0.340. The van der Waals surface area contributed by atoms with Crippen LogP contribution in [-0.4, -0.2) is 0 Å². The van der Waals surface area contributed by atoms with Gasteiger partial charge in [-0.3, -0.25) is 0 Å². The number of quaternary nitrogens is 1. The molecule has 0 spiro atoms. The second kappa shape index (κ2) is 4.47. The lowest BCUT2D eigenvalue weighted by Gasteiger charge is -1.98. The van der Waals surface area contributed by atoms with Crippen molar-refractivity contribution in [2.45, 2.75) is 13.0 Å². The topological polar surface area (TPSA) is 27.6 Å². The first-order chi connectivity index (χ1) is 4.30. The van der Waals surface area contributed by atoms with Crippen LogP contribution < -0.4 is 5.73 Å². The van der Waals surface area contributed by atoms with Gasteiger partial charge in [-0.05, 0) is 6.92 Å². The van der Waals surface area contributed by atoms with Gasteiger partial charge >= 0.3 is 0 Å². The minimum atomic E-state index is 0. The van der Waals surface area contributed by atoms with Crippen LogP contribution in [0.1, 0.15) is 18.5 Å². The first-order valence-electron chi connectivity index (χ1n) is 3.18. The fourth-order valence-corrected chi connectivity index (χ4v) is 0.782. The van der Waals surface area contributed by atoms with Crippen molar-refractivity contribution < 1.29 is 5.73 Å². The smallest absolute Gasteiger partial charge is 0.107 e. The van der Waals surface area contributed by atoms with Crippen LogP contribution in [0.5, 0.6) is 0 Å². The van der Waals surface area contributed by atoms with Gasteiger partial charge in [0.2, 0.25) is 0 Å². The summed E-state index contributed by atoms with van der Waals surface area (Å²) in [5, 5.41) is 0. The Morgan fingerprint density at radius 2 is 1.70 bits per heavy atom. The zero-order chi connectivity index (χ0) is 6.69. The molecule has 0 heterocycles. The fourth-order valence-electron chi connectivity index (χ4n) is 0.782. The molecule has 0 fully saturated rings. The molecule has 1 aromatic carbocycles. The van der Waals surface area contributed by atoms with E-state index in [1.165, 1.54) is 5.56 Å². The van der Waals surface area contributed by atoms with Crippen molar-refractivity contribution in [2.24, 2.45) is 0 Å². The highest BCUT2D eigenvalue weighted by Crippen LogP contribution is 2.04. The van der Waals surface area contributed by atoms with Gasteiger partial charge in [-0.15, -0.1) is 17.0 Å². The van der Waals surface area contributed by atoms with Crippen LogP contribution in [0.25, 0.3) is 0 Å². The molecule has 10 heavy (non-hydrogen) atoms. The summed E-state index contributed by atoms with van der Waals surface area (Å²) in [4.78, 5) is 0. The molecule has 1 atom stereocenters. The molecular weight excluding hydrogens is 190 g/mol. The van der Waals surface area contributed by atoms with E-state index < -0.39 is 0 Å². The van der Waals surface area contributed by atoms with E-state index in [1.54, 1.807) is 0 Å². The molecule has 1 nitrogen and oxygen atoms in total. The van der Waals surface area contributed by atoms with Crippen molar-refractivity contribution in [3.8, 4) is 0 Å². The molecule has 0 bridgehead atoms. The quantitative estimate of drug-likeness (QED) is 0.717. The van der Waals surface area contributed by atoms with Crippen molar-refractivity contribution in [2.75, 3.05) is 0 Å². The molecule has 0 aliphatic heterocycles. The molecule has 0 amide bonds. The largest absolute Gasteiger partial charge is 0.352 e. The third-order valence-electron chi connectivity index (χ3n) is 1.37. The first kappa shape index (κ1) is 9.66. The minimum Gasteiger partial charge on any atom is -0.352 e. The molecule has 1 rings (SSSR count). The molecule has 0 aromatic heterocycles. The Morgan fingerprint density at radius 3 is 2.00 bits per heavy atom. The SMILES string of the molecule is Br.CC([NH3+])c1ccccc1. The maximum atomic E-state index is 3.91. The second-order valence-corrected chi connectivity index (χ2v) is 2.31. The van der Waals surface area contributed by atoms with E-state index >= 15 is 0 Å². The van der Waals surface area contributed by atoms with Gasteiger partial charge in [0, 0.05) is 5.56 Å². The van der Waals surface area contributed by atoms with Crippen LogP contribution in [0.4, 0.5) is 0 Å². The lowest BCUT2D eigenvalue weighted by Crippen LogP contribution is -2.51. The predicted molar refractivity (Wildman–Crippen MR) is 48.1 cm³/mol. The van der Waals surface area contributed by atoms with Gasteiger partial charge < -0.3 is 5.73 Å². The third-order valence-corrected chi connectivity index (χ3v) is 1.37. The van der Waals surface area contributed by atoms with E-state index in [-0.39, 0.29) is 17.0 Å². The summed E-state index contributed by atoms with van der Waals surface area (Å²) < 4.78 is 0. The van der Waals surface area contributed by atoms with E-state index in [1.807, 2.05) is 18.2 Å². The standard InChI is InChI=1S/C8H11N.BrH/c1-7(9)8-5-3-2-4-6-8;/h2-7H,9H2,1H3;1H/p+1. The number of benzene rings is 1. The van der Waals surface area contributed by atoms with E-state index in [0.29, 0.717) is 6.04 Å². The summed E-state index contributed by atoms with van der Waals surface area (Å²) in [5.41, 5.74) is 5.21. The summed E-state index contributed by atoms with van der Waals surface area (Å²) in [5.74, 6) is 0. The van der Waals surface area contributed by atoms with Gasteiger partial charge in [0.05, 0.1) is 0 Å². The molecule has 0 radical (unpaired) electrons. The Balaban J connectivity index is 0.000000810. The van der Waals surface area contributed by atoms with Crippen LogP contribution >= 0.6 is 17.0 Å². The van der Waals surface area contributed by atoms with E-state index in [2.05, 4.69) is 24.8 Å². The number of halogens is 1. The first-order valence-corrected chi connectivity index (χ1v) is 3.18. The molecule has 0 aliphatic rings. The number of rotatable bonds is 1. The Labute approximate surface area is 72.0 Å². The van der Waals surface area contributed by atoms with Crippen molar-refractivity contribution in [3.05, 3.63) is 35.9 Å². The van der Waals surface area contributed by atoms with Crippen LogP contribution in [0.2, 0.25) is 0 Å². The normalized spacial score (nSPS) is 11.8. The van der Waals surface area contributed by atoms with Crippen molar-refractivity contribution >= 4 is 17.0 Å². The Kier molecular flexibility index (Phi) is 4.32. The molecule has 0 saturated carbocycles. The molecule has 0 saturated heterocycles. The second-order valence-electron chi connectivity index (χ2n) is 2.31. The lowest BCUT2D eigenvalue weighted by atomic mass is 10.1. The summed E-state index contributed by atoms with van der Waals surface area (Å²) in [6.45, 7) is 2.09. The maximum Gasteiger partial charge on any atom is 0.107 e. The molecule has 1 unspecified atom stereocenters. The summed E-state index contributed by atoms with van der Waals surface area (Å²) in [7, 11) is 0. The van der Waals surface area contributed by atoms with E-state index in [4.69, 9.17) is 0 Å². The minimum absolute atomic E-state index is 0. The average molecular weight is 203 g/mol.